The molecule has 0 radical (unpaired) electrons. The second kappa shape index (κ2) is 5.46. The van der Waals surface area contributed by atoms with E-state index in [-0.39, 0.29) is 11.3 Å². The summed E-state index contributed by atoms with van der Waals surface area (Å²) in [5, 5.41) is 7.99. The maximum absolute atomic E-state index is 12.4. The molecule has 1 N–H and O–H groups in total. The summed E-state index contributed by atoms with van der Waals surface area (Å²) in [7, 11) is 0. The smallest absolute Gasteiger partial charge is 0.240 e. The summed E-state index contributed by atoms with van der Waals surface area (Å²) in [4.78, 5) is 12.4. The predicted octanol–water partition coefficient (Wildman–Crippen LogP) is 3.35. The maximum atomic E-state index is 12.4. The fourth-order valence-electron chi connectivity index (χ4n) is 5.73. The van der Waals surface area contributed by atoms with Gasteiger partial charge in [0.05, 0.1) is 17.5 Å². The van der Waals surface area contributed by atoms with Crippen molar-refractivity contribution in [1.29, 1.82) is 0 Å². The molecule has 4 saturated carbocycles. The van der Waals surface area contributed by atoms with Crippen LogP contribution in [0.4, 0.5) is 0 Å². The minimum Gasteiger partial charge on any atom is -0.361 e. The van der Waals surface area contributed by atoms with Crippen LogP contribution in [0.25, 0.3) is 0 Å². The van der Waals surface area contributed by atoms with Gasteiger partial charge < -0.3 is 4.52 Å². The van der Waals surface area contributed by atoms with Gasteiger partial charge in [-0.25, -0.2) is 5.43 Å². The molecule has 5 nitrogen and oxygen atoms in total. The minimum absolute atomic E-state index is 0.0509. The highest BCUT2D eigenvalue weighted by Crippen LogP contribution is 2.61. The molecule has 0 atom stereocenters. The van der Waals surface area contributed by atoms with Crippen molar-refractivity contribution < 1.29 is 9.32 Å². The van der Waals surface area contributed by atoms with Crippen molar-refractivity contribution in [2.75, 3.05) is 0 Å². The molecule has 4 fully saturated rings. The van der Waals surface area contributed by atoms with Crippen LogP contribution >= 0.6 is 0 Å². The van der Waals surface area contributed by atoms with Crippen LogP contribution in [0.15, 0.2) is 9.62 Å². The Bertz CT molecular complexity index is 592. The number of carbonyl (C=O) groups is 1. The first-order valence-corrected chi connectivity index (χ1v) is 8.78. The monoisotopic (exact) mass is 315 g/mol. The Labute approximate surface area is 136 Å². The van der Waals surface area contributed by atoms with Crippen LogP contribution in [0, 0.1) is 37.0 Å². The molecule has 0 unspecified atom stereocenters. The molecule has 4 bridgehead atoms. The number of aromatic nitrogens is 1. The average molecular weight is 315 g/mol. The van der Waals surface area contributed by atoms with Gasteiger partial charge in [-0.15, -0.1) is 0 Å². The van der Waals surface area contributed by atoms with E-state index in [1.807, 2.05) is 13.8 Å². The summed E-state index contributed by atoms with van der Waals surface area (Å²) in [5.74, 6) is 3.40. The van der Waals surface area contributed by atoms with Gasteiger partial charge in [0.15, 0.2) is 0 Å². The van der Waals surface area contributed by atoms with Crippen LogP contribution in [0.1, 0.15) is 62.0 Å². The summed E-state index contributed by atoms with van der Waals surface area (Å²) < 4.78 is 5.09. The molecule has 5 rings (SSSR count). The molecule has 0 aromatic carbocycles. The Morgan fingerprint density at radius 3 is 2.39 bits per heavy atom. The third-order valence-electron chi connectivity index (χ3n) is 6.17. The first kappa shape index (κ1) is 14.9. The Balaban J connectivity index is 1.37. The Morgan fingerprint density at radius 1 is 1.26 bits per heavy atom. The van der Waals surface area contributed by atoms with Gasteiger partial charge in [-0.2, -0.15) is 5.10 Å². The lowest BCUT2D eigenvalue weighted by Crippen LogP contribution is -2.47. The lowest BCUT2D eigenvalue weighted by atomic mass is 9.49. The molecule has 23 heavy (non-hydrogen) atoms. The lowest BCUT2D eigenvalue weighted by Gasteiger charge is -2.56. The molecular weight excluding hydrogens is 290 g/mol. The third-order valence-corrected chi connectivity index (χ3v) is 6.17. The van der Waals surface area contributed by atoms with Crippen molar-refractivity contribution in [3.05, 3.63) is 17.0 Å². The highest BCUT2D eigenvalue weighted by Gasteiger charge is 2.51. The van der Waals surface area contributed by atoms with E-state index in [2.05, 4.69) is 15.7 Å². The molecule has 0 spiro atoms. The van der Waals surface area contributed by atoms with Crippen molar-refractivity contribution in [3.8, 4) is 0 Å². The van der Waals surface area contributed by atoms with Crippen LogP contribution in [0.3, 0.4) is 0 Å². The zero-order valence-corrected chi connectivity index (χ0v) is 14.0. The molecule has 1 aromatic heterocycles. The quantitative estimate of drug-likeness (QED) is 0.684. The zero-order chi connectivity index (χ0) is 16.0. The summed E-state index contributed by atoms with van der Waals surface area (Å²) in [6, 6.07) is 0. The van der Waals surface area contributed by atoms with Crippen LogP contribution in [0.5, 0.6) is 0 Å². The number of hydrogen-bond donors (Lipinski definition) is 1. The average Bonchev–Trinajstić information content (AvgIpc) is 2.77. The van der Waals surface area contributed by atoms with Crippen LogP contribution in [0.2, 0.25) is 0 Å². The fourth-order valence-corrected chi connectivity index (χ4v) is 5.73. The zero-order valence-electron chi connectivity index (χ0n) is 14.0. The van der Waals surface area contributed by atoms with Crippen molar-refractivity contribution in [2.24, 2.45) is 28.3 Å². The second-order valence-electron chi connectivity index (χ2n) is 8.13. The largest absolute Gasteiger partial charge is 0.361 e. The van der Waals surface area contributed by atoms with Gasteiger partial charge in [0.1, 0.15) is 5.76 Å². The third kappa shape index (κ3) is 2.81. The molecule has 5 heteroatoms. The van der Waals surface area contributed by atoms with E-state index in [1.165, 1.54) is 38.5 Å². The Hall–Kier alpha value is -1.65. The van der Waals surface area contributed by atoms with Crippen LogP contribution in [-0.4, -0.2) is 17.3 Å². The Kier molecular flexibility index (Phi) is 3.54. The molecule has 1 aromatic rings. The van der Waals surface area contributed by atoms with Gasteiger partial charge in [-0.1, -0.05) is 5.16 Å². The number of aryl methyl sites for hydroxylation is 2. The second-order valence-corrected chi connectivity index (χ2v) is 8.13. The van der Waals surface area contributed by atoms with E-state index < -0.39 is 0 Å². The van der Waals surface area contributed by atoms with E-state index in [1.54, 1.807) is 6.21 Å². The van der Waals surface area contributed by atoms with Crippen molar-refractivity contribution in [3.63, 3.8) is 0 Å². The number of hydrazone groups is 1. The highest BCUT2D eigenvalue weighted by atomic mass is 16.5. The summed E-state index contributed by atoms with van der Waals surface area (Å²) >= 11 is 0. The molecular formula is C18H25N3O2. The van der Waals surface area contributed by atoms with Crippen LogP contribution in [-0.2, 0) is 4.79 Å². The number of nitrogens with zero attached hydrogens (tertiary/aromatic N) is 2. The first-order valence-electron chi connectivity index (χ1n) is 8.78. The van der Waals surface area contributed by atoms with Gasteiger partial charge in [0.2, 0.25) is 5.91 Å². The van der Waals surface area contributed by atoms with E-state index in [9.17, 15) is 4.79 Å². The maximum Gasteiger partial charge on any atom is 0.240 e. The number of hydrogen-bond acceptors (Lipinski definition) is 4. The van der Waals surface area contributed by atoms with E-state index in [0.29, 0.717) is 6.42 Å². The van der Waals surface area contributed by atoms with E-state index in [0.717, 1.165) is 34.8 Å². The van der Waals surface area contributed by atoms with Gasteiger partial charge in [0.25, 0.3) is 0 Å². The molecule has 0 aliphatic heterocycles. The topological polar surface area (TPSA) is 67.5 Å². The van der Waals surface area contributed by atoms with Gasteiger partial charge in [-0.05, 0) is 75.5 Å². The van der Waals surface area contributed by atoms with Crippen molar-refractivity contribution in [2.45, 2.75) is 58.8 Å². The highest BCUT2D eigenvalue weighted by molar-refractivity contribution is 5.84. The standard InChI is InChI=1S/C18H25N3O2/c1-11-16(12(2)23-21-11)10-19-20-17(22)9-18-6-13-3-14(7-18)5-15(4-13)8-18/h10,13-15H,3-9H2,1-2H3,(H,20,22)/b19-10-. The molecule has 1 heterocycles. The molecule has 1 amide bonds. The van der Waals surface area contributed by atoms with Gasteiger partial charge >= 0.3 is 0 Å². The molecule has 4 aliphatic rings. The summed E-state index contributed by atoms with van der Waals surface area (Å²) in [5.41, 5.74) is 4.61. The fraction of sp³-hybridized carbons (Fsp3) is 0.722. The number of amides is 1. The summed E-state index contributed by atoms with van der Waals surface area (Å²) in [6.07, 6.45) is 10.2. The first-order chi connectivity index (χ1) is 11.0. The van der Waals surface area contributed by atoms with E-state index in [4.69, 9.17) is 4.52 Å². The van der Waals surface area contributed by atoms with Gasteiger partial charge in [0, 0.05) is 6.42 Å². The number of nitrogens with one attached hydrogen (secondary N) is 1. The molecule has 4 aliphatic carbocycles. The summed E-state index contributed by atoms with van der Waals surface area (Å²) in [6.45, 7) is 3.72. The number of carbonyl (C=O) groups excluding carboxylic acids is 1. The number of rotatable bonds is 4. The van der Waals surface area contributed by atoms with Gasteiger partial charge in [-0.3, -0.25) is 4.79 Å². The lowest BCUT2D eigenvalue weighted by molar-refractivity contribution is -0.129. The van der Waals surface area contributed by atoms with E-state index >= 15 is 0 Å². The predicted molar refractivity (Wildman–Crippen MR) is 86.9 cm³/mol. The van der Waals surface area contributed by atoms with Crippen molar-refractivity contribution >= 4 is 12.1 Å². The molecule has 0 saturated heterocycles. The normalized spacial score (nSPS) is 35.1. The SMILES string of the molecule is Cc1noc(C)c1/C=N\NC(=O)CC12CC3CC(CC(C3)C1)C2. The van der Waals surface area contributed by atoms with Crippen LogP contribution < -0.4 is 5.43 Å². The van der Waals surface area contributed by atoms with Crippen molar-refractivity contribution in [1.82, 2.24) is 10.6 Å². The minimum atomic E-state index is 0.0509. The molecule has 124 valence electrons. The Morgan fingerprint density at radius 2 is 1.87 bits per heavy atom.